The smallest absolute Gasteiger partial charge is 0.166 e. The van der Waals surface area contributed by atoms with E-state index < -0.39 is 11.7 Å². The van der Waals surface area contributed by atoms with E-state index >= 15 is 0 Å². The van der Waals surface area contributed by atoms with E-state index in [9.17, 15) is 13.2 Å². The molecule has 0 aliphatic rings. The van der Waals surface area contributed by atoms with Crippen LogP contribution in [0.1, 0.15) is 18.1 Å². The Morgan fingerprint density at radius 1 is 1.29 bits per heavy atom. The molecule has 0 amide bonds. The predicted molar refractivity (Wildman–Crippen MR) is 53.5 cm³/mol. The van der Waals surface area contributed by atoms with Crippen molar-refractivity contribution in [1.82, 2.24) is 0 Å². The molecule has 0 N–H and O–H groups in total. The largest absolute Gasteiger partial charge is 0.416 e. The van der Waals surface area contributed by atoms with E-state index in [0.717, 1.165) is 6.07 Å². The van der Waals surface area contributed by atoms with Crippen molar-refractivity contribution >= 4 is 15.9 Å². The molecule has 14 heavy (non-hydrogen) atoms. The van der Waals surface area contributed by atoms with E-state index in [0.29, 0.717) is 12.0 Å². The molecule has 1 aromatic rings. The van der Waals surface area contributed by atoms with Gasteiger partial charge in [0, 0.05) is 4.83 Å². The van der Waals surface area contributed by atoms with E-state index in [1.54, 1.807) is 6.07 Å². The molecule has 0 aliphatic heterocycles. The first-order chi connectivity index (χ1) is 6.41. The number of rotatable bonds is 2. The van der Waals surface area contributed by atoms with Crippen LogP contribution in [0.5, 0.6) is 0 Å². The first kappa shape index (κ1) is 11.6. The Morgan fingerprint density at radius 2 is 1.86 bits per heavy atom. The van der Waals surface area contributed by atoms with Crippen LogP contribution in [-0.4, -0.2) is 4.83 Å². The normalized spacial score (nSPS) is 14.1. The maximum absolute atomic E-state index is 12.5. The Labute approximate surface area is 89.3 Å². The van der Waals surface area contributed by atoms with Gasteiger partial charge >= 0.3 is 6.18 Å². The minimum atomic E-state index is -4.25. The van der Waals surface area contributed by atoms with Crippen molar-refractivity contribution in [3.05, 3.63) is 35.4 Å². The number of hydrogen-bond donors (Lipinski definition) is 0. The molecule has 0 aliphatic carbocycles. The molecule has 1 unspecified atom stereocenters. The fraction of sp³-hybridized carbons (Fsp3) is 0.400. The van der Waals surface area contributed by atoms with Gasteiger partial charge in [0.15, 0.2) is 0 Å². The number of alkyl halides is 4. The van der Waals surface area contributed by atoms with Gasteiger partial charge in [0.2, 0.25) is 0 Å². The zero-order valence-electron chi connectivity index (χ0n) is 7.61. The van der Waals surface area contributed by atoms with Gasteiger partial charge in [0.25, 0.3) is 0 Å². The molecule has 0 bridgehead atoms. The Kier molecular flexibility index (Phi) is 3.59. The van der Waals surface area contributed by atoms with Crippen molar-refractivity contribution in [3.8, 4) is 0 Å². The van der Waals surface area contributed by atoms with Gasteiger partial charge in [0.1, 0.15) is 0 Å². The summed E-state index contributed by atoms with van der Waals surface area (Å²) in [5, 5.41) is 0. The maximum Gasteiger partial charge on any atom is 0.416 e. The van der Waals surface area contributed by atoms with Crippen molar-refractivity contribution in [2.75, 3.05) is 0 Å². The van der Waals surface area contributed by atoms with Crippen LogP contribution >= 0.6 is 15.9 Å². The van der Waals surface area contributed by atoms with Crippen LogP contribution in [0.2, 0.25) is 0 Å². The molecular weight excluding hydrogens is 257 g/mol. The SMILES string of the molecule is CC(Br)Cc1ccccc1C(F)(F)F. The van der Waals surface area contributed by atoms with Gasteiger partial charge in [-0.2, -0.15) is 13.2 Å². The third-order valence-corrected chi connectivity index (χ3v) is 2.15. The Hall–Kier alpha value is -0.510. The molecule has 0 nitrogen and oxygen atoms in total. The summed E-state index contributed by atoms with van der Waals surface area (Å²) in [7, 11) is 0. The third kappa shape index (κ3) is 3.01. The maximum atomic E-state index is 12.5. The lowest BCUT2D eigenvalue weighted by molar-refractivity contribution is -0.138. The molecule has 0 fully saturated rings. The summed E-state index contributed by atoms with van der Waals surface area (Å²) in [6.07, 6.45) is -3.87. The molecule has 0 heterocycles. The molecular formula is C10H10BrF3. The molecule has 1 aromatic carbocycles. The van der Waals surface area contributed by atoms with Gasteiger partial charge in [-0.1, -0.05) is 41.1 Å². The third-order valence-electron chi connectivity index (χ3n) is 1.82. The summed E-state index contributed by atoms with van der Waals surface area (Å²) in [6.45, 7) is 1.83. The fourth-order valence-electron chi connectivity index (χ4n) is 1.28. The molecule has 1 atom stereocenters. The highest BCUT2D eigenvalue weighted by atomic mass is 79.9. The second-order valence-electron chi connectivity index (χ2n) is 3.14. The first-order valence-corrected chi connectivity index (χ1v) is 5.12. The van der Waals surface area contributed by atoms with Gasteiger partial charge in [-0.3, -0.25) is 0 Å². The molecule has 4 heteroatoms. The summed E-state index contributed by atoms with van der Waals surface area (Å²) in [5.74, 6) is 0. The van der Waals surface area contributed by atoms with Crippen LogP contribution in [0, 0.1) is 0 Å². The van der Waals surface area contributed by atoms with Crippen LogP contribution in [-0.2, 0) is 12.6 Å². The second-order valence-corrected chi connectivity index (χ2v) is 4.70. The standard InChI is InChI=1S/C10H10BrF3/c1-7(11)6-8-4-2-3-5-9(8)10(12,13)14/h2-5,7H,6H2,1H3. The lowest BCUT2D eigenvalue weighted by Crippen LogP contribution is -2.11. The first-order valence-electron chi connectivity index (χ1n) is 4.20. The minimum absolute atomic E-state index is 0.0472. The molecule has 0 spiro atoms. The van der Waals surface area contributed by atoms with Crippen LogP contribution in [0.3, 0.4) is 0 Å². The summed E-state index contributed by atoms with van der Waals surface area (Å²) in [5.41, 5.74) is -0.198. The van der Waals surface area contributed by atoms with Crippen molar-refractivity contribution in [2.24, 2.45) is 0 Å². The molecule has 0 saturated carbocycles. The van der Waals surface area contributed by atoms with Crippen molar-refractivity contribution in [2.45, 2.75) is 24.3 Å². The average molecular weight is 267 g/mol. The summed E-state index contributed by atoms with van der Waals surface area (Å²) >= 11 is 3.24. The minimum Gasteiger partial charge on any atom is -0.166 e. The Morgan fingerprint density at radius 3 is 2.36 bits per heavy atom. The summed E-state index contributed by atoms with van der Waals surface area (Å²) < 4.78 is 37.5. The van der Waals surface area contributed by atoms with Gasteiger partial charge in [-0.15, -0.1) is 0 Å². The number of benzene rings is 1. The number of hydrogen-bond acceptors (Lipinski definition) is 0. The second kappa shape index (κ2) is 4.34. The predicted octanol–water partition coefficient (Wildman–Crippen LogP) is 4.03. The van der Waals surface area contributed by atoms with E-state index in [1.807, 2.05) is 6.92 Å². The van der Waals surface area contributed by atoms with Crippen molar-refractivity contribution < 1.29 is 13.2 Å². The van der Waals surface area contributed by atoms with E-state index in [1.165, 1.54) is 12.1 Å². The van der Waals surface area contributed by atoms with E-state index in [4.69, 9.17) is 0 Å². The fourth-order valence-corrected chi connectivity index (χ4v) is 1.63. The van der Waals surface area contributed by atoms with Crippen LogP contribution in [0.25, 0.3) is 0 Å². The van der Waals surface area contributed by atoms with Gasteiger partial charge < -0.3 is 0 Å². The van der Waals surface area contributed by atoms with Crippen LogP contribution in [0.4, 0.5) is 13.2 Å². The zero-order chi connectivity index (χ0) is 10.8. The van der Waals surface area contributed by atoms with Crippen molar-refractivity contribution in [1.29, 1.82) is 0 Å². The molecule has 0 saturated heterocycles. The Bertz CT molecular complexity index is 304. The zero-order valence-corrected chi connectivity index (χ0v) is 9.19. The quantitative estimate of drug-likeness (QED) is 0.709. The average Bonchev–Trinajstić information content (AvgIpc) is 2.01. The summed E-state index contributed by atoms with van der Waals surface area (Å²) in [6, 6.07) is 5.66. The highest BCUT2D eigenvalue weighted by molar-refractivity contribution is 9.09. The van der Waals surface area contributed by atoms with Crippen molar-refractivity contribution in [3.63, 3.8) is 0 Å². The highest BCUT2D eigenvalue weighted by Gasteiger charge is 2.32. The molecule has 1 rings (SSSR count). The van der Waals surface area contributed by atoms with E-state index in [2.05, 4.69) is 15.9 Å². The van der Waals surface area contributed by atoms with Gasteiger partial charge in [0.05, 0.1) is 5.56 Å². The van der Waals surface area contributed by atoms with E-state index in [-0.39, 0.29) is 4.83 Å². The lowest BCUT2D eigenvalue weighted by Gasteiger charge is -2.13. The molecule has 78 valence electrons. The lowest BCUT2D eigenvalue weighted by atomic mass is 10.0. The summed E-state index contributed by atoms with van der Waals surface area (Å²) in [4.78, 5) is 0.0472. The van der Waals surface area contributed by atoms with Crippen LogP contribution in [0.15, 0.2) is 24.3 Å². The van der Waals surface area contributed by atoms with Gasteiger partial charge in [-0.05, 0) is 18.1 Å². The Balaban J connectivity index is 3.04. The topological polar surface area (TPSA) is 0 Å². The monoisotopic (exact) mass is 266 g/mol. The molecule has 0 aromatic heterocycles. The number of halogens is 4. The highest BCUT2D eigenvalue weighted by Crippen LogP contribution is 2.32. The van der Waals surface area contributed by atoms with Gasteiger partial charge in [-0.25, -0.2) is 0 Å². The van der Waals surface area contributed by atoms with Crippen LogP contribution < -0.4 is 0 Å². The molecule has 0 radical (unpaired) electrons.